The molecule has 2 N–H and O–H groups in total. The van der Waals surface area contributed by atoms with Crippen LogP contribution in [-0.4, -0.2) is 55.1 Å². The lowest BCUT2D eigenvalue weighted by molar-refractivity contribution is 0.0602. The van der Waals surface area contributed by atoms with E-state index < -0.39 is 21.3 Å². The molecule has 10 heteroatoms. The normalized spacial score (nSPS) is 23.0. The molecule has 0 bridgehead atoms. The van der Waals surface area contributed by atoms with Gasteiger partial charge in [0.25, 0.3) is 5.91 Å². The molecule has 168 valence electrons. The van der Waals surface area contributed by atoms with E-state index in [0.29, 0.717) is 37.1 Å². The summed E-state index contributed by atoms with van der Waals surface area (Å²) in [6.45, 7) is 0.719. The number of sulfone groups is 1. The smallest absolute Gasteiger partial charge is 0.270 e. The number of β-amino-alcohol motifs (C(OH)–C–C–N with tert-alkyl or cyclic N) is 1. The van der Waals surface area contributed by atoms with Gasteiger partial charge in [-0.1, -0.05) is 6.07 Å². The molecule has 0 saturated carbocycles. The number of aliphatic hydroxyl groups is 1. The molecule has 2 saturated heterocycles. The number of halogens is 1. The van der Waals surface area contributed by atoms with Crippen LogP contribution >= 0.6 is 0 Å². The zero-order valence-electron chi connectivity index (χ0n) is 17.3. The van der Waals surface area contributed by atoms with Crippen molar-refractivity contribution < 1.29 is 22.7 Å². The molecular formula is C22H23FN4O4S. The summed E-state index contributed by atoms with van der Waals surface area (Å²) in [6.07, 6.45) is 2.64. The van der Waals surface area contributed by atoms with Crippen LogP contribution in [0.25, 0.3) is 0 Å². The van der Waals surface area contributed by atoms with E-state index in [-0.39, 0.29) is 41.3 Å². The van der Waals surface area contributed by atoms with E-state index in [4.69, 9.17) is 5.26 Å². The maximum Gasteiger partial charge on any atom is 0.270 e. The maximum absolute atomic E-state index is 14.0. The zero-order valence-corrected chi connectivity index (χ0v) is 18.1. The Labute approximate surface area is 185 Å². The number of carbonyl (C=O) groups excluding carboxylic acids is 1. The first-order valence-corrected chi connectivity index (χ1v) is 12.2. The fourth-order valence-electron chi connectivity index (χ4n) is 4.14. The Morgan fingerprint density at radius 1 is 1.28 bits per heavy atom. The highest BCUT2D eigenvalue weighted by Gasteiger charge is 2.38. The number of carbonyl (C=O) groups is 1. The maximum atomic E-state index is 14.0. The number of benzene rings is 1. The van der Waals surface area contributed by atoms with Gasteiger partial charge in [0.2, 0.25) is 0 Å². The highest BCUT2D eigenvalue weighted by molar-refractivity contribution is 7.91. The summed E-state index contributed by atoms with van der Waals surface area (Å²) in [5, 5.41) is 22.8. The number of rotatable bonds is 4. The minimum Gasteiger partial charge on any atom is -0.383 e. The van der Waals surface area contributed by atoms with E-state index in [0.717, 1.165) is 0 Å². The lowest BCUT2D eigenvalue weighted by Crippen LogP contribution is -2.41. The van der Waals surface area contributed by atoms with Crippen LogP contribution in [0.15, 0.2) is 36.5 Å². The van der Waals surface area contributed by atoms with E-state index in [1.165, 1.54) is 24.4 Å². The van der Waals surface area contributed by atoms with E-state index in [2.05, 4.69) is 10.3 Å². The van der Waals surface area contributed by atoms with E-state index >= 15 is 0 Å². The van der Waals surface area contributed by atoms with Crippen molar-refractivity contribution in [3.8, 4) is 6.07 Å². The number of pyridine rings is 1. The van der Waals surface area contributed by atoms with Crippen LogP contribution in [0, 0.1) is 17.1 Å². The number of nitrogens with one attached hydrogen (secondary N) is 1. The van der Waals surface area contributed by atoms with Crippen molar-refractivity contribution in [3.05, 3.63) is 59.2 Å². The lowest BCUT2D eigenvalue weighted by Gasteiger charge is -2.25. The number of hydrogen-bond acceptors (Lipinski definition) is 7. The number of hydrogen-bond donors (Lipinski definition) is 2. The van der Waals surface area contributed by atoms with Gasteiger partial charge in [0, 0.05) is 30.0 Å². The van der Waals surface area contributed by atoms with Gasteiger partial charge in [-0.2, -0.15) is 5.26 Å². The standard InChI is InChI=1S/C22H23FN4O4S/c23-19-11-18(3-1-15(19)12-24)27-8-7-22(29,14-27)16-2-4-20(25-13-16)21(28)26-17-5-9-32(30,31)10-6-17/h1-4,11,13,17,29H,5-10,14H2,(H,26,28)/t22-/m0/s1. The molecule has 2 fully saturated rings. The Balaban J connectivity index is 1.41. The highest BCUT2D eigenvalue weighted by atomic mass is 32.2. The quantitative estimate of drug-likeness (QED) is 0.712. The molecule has 2 aromatic rings. The van der Waals surface area contributed by atoms with E-state index in [9.17, 15) is 22.7 Å². The molecule has 2 aliphatic rings. The first-order chi connectivity index (χ1) is 15.2. The van der Waals surface area contributed by atoms with Gasteiger partial charge in [-0.05, 0) is 43.5 Å². The van der Waals surface area contributed by atoms with Crippen LogP contribution in [0.4, 0.5) is 10.1 Å². The van der Waals surface area contributed by atoms with Crippen molar-refractivity contribution in [1.29, 1.82) is 5.26 Å². The average molecular weight is 459 g/mol. The number of anilines is 1. The topological polar surface area (TPSA) is 123 Å². The number of nitriles is 1. The third-order valence-corrected chi connectivity index (χ3v) is 7.82. The molecule has 2 aliphatic heterocycles. The van der Waals surface area contributed by atoms with Gasteiger partial charge in [0.1, 0.15) is 33.0 Å². The molecule has 1 amide bonds. The van der Waals surface area contributed by atoms with E-state index in [1.54, 1.807) is 18.2 Å². The van der Waals surface area contributed by atoms with Gasteiger partial charge >= 0.3 is 0 Å². The molecule has 0 unspecified atom stereocenters. The van der Waals surface area contributed by atoms with Crippen LogP contribution in [-0.2, 0) is 15.4 Å². The van der Waals surface area contributed by atoms with Crippen LogP contribution in [0.1, 0.15) is 40.9 Å². The van der Waals surface area contributed by atoms with Crippen molar-refractivity contribution in [2.45, 2.75) is 30.9 Å². The monoisotopic (exact) mass is 458 g/mol. The average Bonchev–Trinajstić information content (AvgIpc) is 3.18. The molecule has 8 nitrogen and oxygen atoms in total. The second-order valence-corrected chi connectivity index (χ2v) is 10.6. The Morgan fingerprint density at radius 3 is 2.66 bits per heavy atom. The first-order valence-electron chi connectivity index (χ1n) is 10.3. The second kappa shape index (κ2) is 8.48. The predicted molar refractivity (Wildman–Crippen MR) is 115 cm³/mol. The molecule has 1 aromatic heterocycles. The van der Waals surface area contributed by atoms with Crippen molar-refractivity contribution in [1.82, 2.24) is 10.3 Å². The summed E-state index contributed by atoms with van der Waals surface area (Å²) in [4.78, 5) is 18.5. The van der Waals surface area contributed by atoms with Crippen LogP contribution in [0.3, 0.4) is 0 Å². The Morgan fingerprint density at radius 2 is 2.03 bits per heavy atom. The highest BCUT2D eigenvalue weighted by Crippen LogP contribution is 2.34. The Hall–Kier alpha value is -3.03. The largest absolute Gasteiger partial charge is 0.383 e. The molecule has 0 aliphatic carbocycles. The molecule has 0 radical (unpaired) electrons. The molecule has 3 heterocycles. The summed E-state index contributed by atoms with van der Waals surface area (Å²) in [7, 11) is -3.00. The molecule has 1 atom stereocenters. The Bertz CT molecular complexity index is 1170. The van der Waals surface area contributed by atoms with Crippen LogP contribution in [0.2, 0.25) is 0 Å². The number of amides is 1. The third-order valence-electron chi connectivity index (χ3n) is 6.11. The minimum absolute atomic E-state index is 0.0314. The molecule has 1 aromatic carbocycles. The van der Waals surface area contributed by atoms with Gasteiger partial charge in [-0.15, -0.1) is 0 Å². The fraction of sp³-hybridized carbons (Fsp3) is 0.409. The zero-order chi connectivity index (χ0) is 22.9. The molecule has 32 heavy (non-hydrogen) atoms. The van der Waals surface area contributed by atoms with Gasteiger partial charge in [0.15, 0.2) is 0 Å². The predicted octanol–water partition coefficient (Wildman–Crippen LogP) is 1.50. The summed E-state index contributed by atoms with van der Waals surface area (Å²) in [5.41, 5.74) is 0.0839. The summed E-state index contributed by atoms with van der Waals surface area (Å²) < 4.78 is 37.0. The molecule has 4 rings (SSSR count). The third kappa shape index (κ3) is 4.59. The SMILES string of the molecule is N#Cc1ccc(N2CC[C@@](O)(c3ccc(C(=O)NC4CCS(=O)(=O)CC4)nc3)C2)cc1F. The summed E-state index contributed by atoms with van der Waals surface area (Å²) >= 11 is 0. The van der Waals surface area contributed by atoms with Gasteiger partial charge in [-0.25, -0.2) is 12.8 Å². The second-order valence-electron chi connectivity index (χ2n) is 8.31. The van der Waals surface area contributed by atoms with Crippen molar-refractivity contribution in [2.24, 2.45) is 0 Å². The molecule has 0 spiro atoms. The molecular weight excluding hydrogens is 435 g/mol. The number of aromatic nitrogens is 1. The lowest BCUT2D eigenvalue weighted by atomic mass is 9.94. The van der Waals surface area contributed by atoms with Crippen molar-refractivity contribution in [3.63, 3.8) is 0 Å². The van der Waals surface area contributed by atoms with Crippen LogP contribution in [0.5, 0.6) is 0 Å². The van der Waals surface area contributed by atoms with Gasteiger partial charge in [-0.3, -0.25) is 9.78 Å². The van der Waals surface area contributed by atoms with Gasteiger partial charge in [0.05, 0.1) is 23.6 Å². The minimum atomic E-state index is -3.00. The first kappa shape index (κ1) is 22.2. The Kier molecular flexibility index (Phi) is 5.88. The fourth-order valence-corrected chi connectivity index (χ4v) is 5.63. The summed E-state index contributed by atoms with van der Waals surface area (Å²) in [5.74, 6) is -0.851. The van der Waals surface area contributed by atoms with E-state index in [1.807, 2.05) is 4.90 Å². The summed E-state index contributed by atoms with van der Waals surface area (Å²) in [6, 6.07) is 9.12. The number of nitrogens with zero attached hydrogens (tertiary/aromatic N) is 3. The van der Waals surface area contributed by atoms with Gasteiger partial charge < -0.3 is 15.3 Å². The van der Waals surface area contributed by atoms with Crippen molar-refractivity contribution in [2.75, 3.05) is 29.5 Å². The van der Waals surface area contributed by atoms with Crippen LogP contribution < -0.4 is 10.2 Å². The van der Waals surface area contributed by atoms with Crippen molar-refractivity contribution >= 4 is 21.4 Å².